The number of nitrogens with one attached hydrogen (secondary N) is 2. The molecular weight excluding hydrogens is 392 g/mol. The second-order valence-corrected chi connectivity index (χ2v) is 8.02. The number of piperazine rings is 1. The lowest BCUT2D eigenvalue weighted by atomic mass is 10.2. The van der Waals surface area contributed by atoms with Gasteiger partial charge in [0.25, 0.3) is 5.91 Å². The van der Waals surface area contributed by atoms with Gasteiger partial charge in [-0.1, -0.05) is 0 Å². The molecule has 3 amide bonds. The summed E-state index contributed by atoms with van der Waals surface area (Å²) in [4.78, 5) is 33.0. The molecule has 8 nitrogen and oxygen atoms in total. The lowest BCUT2D eigenvalue weighted by Gasteiger charge is -2.36. The first-order valence-corrected chi connectivity index (χ1v) is 10.6. The molecular formula is C23H28N6O2. The van der Waals surface area contributed by atoms with Gasteiger partial charge in [-0.15, -0.1) is 0 Å². The van der Waals surface area contributed by atoms with Crippen LogP contribution in [0.3, 0.4) is 0 Å². The zero-order valence-electron chi connectivity index (χ0n) is 17.9. The van der Waals surface area contributed by atoms with Crippen molar-refractivity contribution in [3.05, 3.63) is 66.1 Å². The van der Waals surface area contributed by atoms with E-state index in [1.807, 2.05) is 59.7 Å². The summed E-state index contributed by atoms with van der Waals surface area (Å²) in [7, 11) is 0. The Morgan fingerprint density at radius 2 is 1.71 bits per heavy atom. The molecule has 3 aromatic rings. The number of carbonyl (C=O) groups excluding carboxylic acids is 2. The number of rotatable bonds is 5. The van der Waals surface area contributed by atoms with Crippen LogP contribution in [0, 0.1) is 0 Å². The quantitative estimate of drug-likeness (QED) is 0.665. The lowest BCUT2D eigenvalue weighted by molar-refractivity contribution is 0.0950. The molecule has 3 aromatic heterocycles. The molecule has 1 fully saturated rings. The standard InChI is InChI=1S/C23H28N6O2/c1-17(2)26-23(31)28-13-11-27(12-14-28)21-6-5-20-4-3-19(16-29(20)21)22(30)25-15-18-7-9-24-10-8-18/h3-10,16-17H,11-15H2,1-2H3,(H,25,30)(H,26,31). The Labute approximate surface area is 181 Å². The van der Waals surface area contributed by atoms with Gasteiger partial charge in [-0.3, -0.25) is 9.78 Å². The number of pyridine rings is 2. The topological polar surface area (TPSA) is 82.0 Å². The van der Waals surface area contributed by atoms with E-state index in [2.05, 4.69) is 26.6 Å². The molecule has 4 heterocycles. The van der Waals surface area contributed by atoms with Gasteiger partial charge in [0, 0.05) is 62.9 Å². The van der Waals surface area contributed by atoms with E-state index in [0.717, 1.165) is 30.0 Å². The van der Waals surface area contributed by atoms with Crippen LogP contribution in [0.4, 0.5) is 10.6 Å². The first-order valence-electron chi connectivity index (χ1n) is 10.6. The number of aromatic nitrogens is 2. The highest BCUT2D eigenvalue weighted by molar-refractivity contribution is 5.94. The van der Waals surface area contributed by atoms with E-state index in [0.29, 0.717) is 25.2 Å². The highest BCUT2D eigenvalue weighted by Crippen LogP contribution is 2.22. The molecule has 0 spiro atoms. The Morgan fingerprint density at radius 3 is 2.42 bits per heavy atom. The van der Waals surface area contributed by atoms with Crippen molar-refractivity contribution >= 4 is 23.3 Å². The third-order valence-corrected chi connectivity index (χ3v) is 5.40. The fourth-order valence-electron chi connectivity index (χ4n) is 3.74. The van der Waals surface area contributed by atoms with Crippen molar-refractivity contribution < 1.29 is 9.59 Å². The van der Waals surface area contributed by atoms with E-state index < -0.39 is 0 Å². The minimum atomic E-state index is -0.117. The number of hydrogen-bond acceptors (Lipinski definition) is 4. The Bertz CT molecular complexity index is 1050. The van der Waals surface area contributed by atoms with Crippen LogP contribution in [0.15, 0.2) is 55.0 Å². The van der Waals surface area contributed by atoms with Crippen molar-refractivity contribution in [1.82, 2.24) is 24.9 Å². The number of amides is 3. The average molecular weight is 421 g/mol. The highest BCUT2D eigenvalue weighted by atomic mass is 16.2. The van der Waals surface area contributed by atoms with Crippen molar-refractivity contribution in [3.8, 4) is 0 Å². The minimum Gasteiger partial charge on any atom is -0.354 e. The van der Waals surface area contributed by atoms with Crippen LogP contribution in [0.1, 0.15) is 29.8 Å². The Balaban J connectivity index is 1.44. The minimum absolute atomic E-state index is 0.0113. The predicted octanol–water partition coefficient (Wildman–Crippen LogP) is 2.50. The Morgan fingerprint density at radius 1 is 1.00 bits per heavy atom. The van der Waals surface area contributed by atoms with Crippen LogP contribution in [0.5, 0.6) is 0 Å². The molecule has 0 radical (unpaired) electrons. The smallest absolute Gasteiger partial charge is 0.317 e. The fraction of sp³-hybridized carbons (Fsp3) is 0.348. The molecule has 0 saturated carbocycles. The molecule has 1 aliphatic rings. The molecule has 2 N–H and O–H groups in total. The van der Waals surface area contributed by atoms with E-state index in [-0.39, 0.29) is 18.0 Å². The SMILES string of the molecule is CC(C)NC(=O)N1CCN(c2ccc3ccc(C(=O)NCc4ccncc4)cn23)CC1. The highest BCUT2D eigenvalue weighted by Gasteiger charge is 2.23. The molecule has 0 bridgehead atoms. The molecule has 0 atom stereocenters. The third-order valence-electron chi connectivity index (χ3n) is 5.40. The molecule has 0 aliphatic carbocycles. The van der Waals surface area contributed by atoms with E-state index in [1.165, 1.54) is 0 Å². The van der Waals surface area contributed by atoms with Gasteiger partial charge in [0.1, 0.15) is 5.82 Å². The molecule has 4 rings (SSSR count). The van der Waals surface area contributed by atoms with Gasteiger partial charge in [-0.05, 0) is 55.8 Å². The van der Waals surface area contributed by atoms with Gasteiger partial charge in [-0.2, -0.15) is 0 Å². The summed E-state index contributed by atoms with van der Waals surface area (Å²) in [5, 5.41) is 5.91. The van der Waals surface area contributed by atoms with Gasteiger partial charge in [0.05, 0.1) is 5.56 Å². The van der Waals surface area contributed by atoms with Crippen molar-refractivity contribution in [2.24, 2.45) is 0 Å². The predicted molar refractivity (Wildman–Crippen MR) is 120 cm³/mol. The summed E-state index contributed by atoms with van der Waals surface area (Å²) in [6.07, 6.45) is 5.31. The first kappa shape index (κ1) is 20.7. The summed E-state index contributed by atoms with van der Waals surface area (Å²) in [6.45, 7) is 7.21. The van der Waals surface area contributed by atoms with Crippen LogP contribution in [-0.4, -0.2) is 58.4 Å². The maximum Gasteiger partial charge on any atom is 0.317 e. The number of nitrogens with zero attached hydrogens (tertiary/aromatic N) is 4. The monoisotopic (exact) mass is 420 g/mol. The van der Waals surface area contributed by atoms with Crippen LogP contribution in [0.25, 0.3) is 5.52 Å². The molecule has 0 aromatic carbocycles. The molecule has 1 saturated heterocycles. The summed E-state index contributed by atoms with van der Waals surface area (Å²) in [5.41, 5.74) is 2.64. The van der Waals surface area contributed by atoms with Crippen molar-refractivity contribution in [3.63, 3.8) is 0 Å². The van der Waals surface area contributed by atoms with Gasteiger partial charge in [0.2, 0.25) is 0 Å². The van der Waals surface area contributed by atoms with Gasteiger partial charge in [0.15, 0.2) is 0 Å². The summed E-state index contributed by atoms with van der Waals surface area (Å²) in [6, 6.07) is 11.8. The Hall–Kier alpha value is -3.55. The number of urea groups is 1. The van der Waals surface area contributed by atoms with Crippen LogP contribution in [-0.2, 0) is 6.54 Å². The van der Waals surface area contributed by atoms with Crippen LogP contribution >= 0.6 is 0 Å². The Kier molecular flexibility index (Phi) is 6.06. The third kappa shape index (κ3) is 4.79. The second-order valence-electron chi connectivity index (χ2n) is 8.02. The van der Waals surface area contributed by atoms with E-state index >= 15 is 0 Å². The second kappa shape index (κ2) is 9.07. The zero-order valence-corrected chi connectivity index (χ0v) is 17.9. The van der Waals surface area contributed by atoms with Crippen molar-refractivity contribution in [1.29, 1.82) is 0 Å². The van der Waals surface area contributed by atoms with Crippen molar-refractivity contribution in [2.45, 2.75) is 26.4 Å². The van der Waals surface area contributed by atoms with E-state index in [9.17, 15) is 9.59 Å². The number of hydrogen-bond donors (Lipinski definition) is 2. The number of anilines is 1. The summed E-state index contributed by atoms with van der Waals surface area (Å²) >= 11 is 0. The maximum atomic E-state index is 12.7. The zero-order chi connectivity index (χ0) is 21.8. The number of carbonyl (C=O) groups is 2. The van der Waals surface area contributed by atoms with Gasteiger partial charge in [-0.25, -0.2) is 4.79 Å². The average Bonchev–Trinajstić information content (AvgIpc) is 3.21. The summed E-state index contributed by atoms with van der Waals surface area (Å²) in [5.74, 6) is 0.913. The van der Waals surface area contributed by atoms with Gasteiger partial charge >= 0.3 is 6.03 Å². The molecule has 31 heavy (non-hydrogen) atoms. The largest absolute Gasteiger partial charge is 0.354 e. The van der Waals surface area contributed by atoms with Crippen LogP contribution in [0.2, 0.25) is 0 Å². The van der Waals surface area contributed by atoms with Crippen LogP contribution < -0.4 is 15.5 Å². The molecule has 162 valence electrons. The van der Waals surface area contributed by atoms with E-state index in [1.54, 1.807) is 12.4 Å². The van der Waals surface area contributed by atoms with E-state index in [4.69, 9.17) is 0 Å². The molecule has 1 aliphatic heterocycles. The maximum absolute atomic E-state index is 12.7. The fourth-order valence-corrected chi connectivity index (χ4v) is 3.74. The summed E-state index contributed by atoms with van der Waals surface area (Å²) < 4.78 is 2.05. The number of fused-ring (bicyclic) bond motifs is 1. The first-order chi connectivity index (χ1) is 15.0. The lowest BCUT2D eigenvalue weighted by Crippen LogP contribution is -2.53. The molecule has 8 heteroatoms. The normalized spacial score (nSPS) is 14.2. The van der Waals surface area contributed by atoms with Crippen molar-refractivity contribution in [2.75, 3.05) is 31.1 Å². The molecule has 0 unspecified atom stereocenters. The van der Waals surface area contributed by atoms with Gasteiger partial charge < -0.3 is 24.8 Å².